The Morgan fingerprint density at radius 2 is 1.82 bits per heavy atom. The van der Waals surface area contributed by atoms with Gasteiger partial charge in [-0.3, -0.25) is 14.6 Å². The standard InChI is InChI=1S/C28H33N3O3/c29-23(15-31-27(33)22-16-34-24-4-2-1-3-21(22)24)26-19-9-18-10-20(26)14-28(12-18,13-19)25(32)11-17-5-7-30-8-6-17/h1-8,18-20,22-23,26H,9-16,29H2,(H,31,33). The molecule has 6 heteroatoms. The lowest BCUT2D eigenvalue weighted by atomic mass is 9.44. The summed E-state index contributed by atoms with van der Waals surface area (Å²) in [5.74, 6) is 2.91. The SMILES string of the molecule is NC(CNC(=O)C1COc2ccccc21)C1C2CC3CC1CC(C(=O)Cc1ccncc1)(C3)C2. The fourth-order valence-corrected chi connectivity index (χ4v) is 7.84. The number of para-hydroxylation sites is 1. The average Bonchev–Trinajstić information content (AvgIpc) is 3.27. The lowest BCUT2D eigenvalue weighted by Gasteiger charge is -2.60. The van der Waals surface area contributed by atoms with E-state index in [9.17, 15) is 9.59 Å². The highest BCUT2D eigenvalue weighted by Gasteiger charge is 2.58. The van der Waals surface area contributed by atoms with Crippen LogP contribution in [0, 0.1) is 29.1 Å². The number of rotatable bonds is 7. The van der Waals surface area contributed by atoms with E-state index in [4.69, 9.17) is 10.5 Å². The van der Waals surface area contributed by atoms with Gasteiger partial charge in [0.2, 0.25) is 5.91 Å². The van der Waals surface area contributed by atoms with E-state index in [1.54, 1.807) is 12.4 Å². The molecule has 5 aliphatic rings. The molecule has 0 radical (unpaired) electrons. The predicted molar refractivity (Wildman–Crippen MR) is 128 cm³/mol. The normalized spacial score (nSPS) is 33.7. The number of nitrogens with two attached hydrogens (primary N) is 1. The largest absolute Gasteiger partial charge is 0.492 e. The van der Waals surface area contributed by atoms with E-state index in [0.717, 1.165) is 36.1 Å². The highest BCUT2D eigenvalue weighted by Crippen LogP contribution is 2.63. The predicted octanol–water partition coefficient (Wildman–Crippen LogP) is 3.26. The van der Waals surface area contributed by atoms with Gasteiger partial charge in [0.05, 0.1) is 0 Å². The van der Waals surface area contributed by atoms with Crippen molar-refractivity contribution in [1.82, 2.24) is 10.3 Å². The molecule has 7 rings (SSSR count). The van der Waals surface area contributed by atoms with E-state index in [1.165, 1.54) is 12.8 Å². The van der Waals surface area contributed by atoms with Crippen LogP contribution in [0.2, 0.25) is 0 Å². The third kappa shape index (κ3) is 3.72. The second-order valence-electron chi connectivity index (χ2n) is 11.1. The summed E-state index contributed by atoms with van der Waals surface area (Å²) in [6.07, 6.45) is 9.36. The zero-order chi connectivity index (χ0) is 23.3. The maximum absolute atomic E-state index is 13.5. The molecule has 6 nitrogen and oxygen atoms in total. The van der Waals surface area contributed by atoms with Crippen molar-refractivity contribution in [3.63, 3.8) is 0 Å². The summed E-state index contributed by atoms with van der Waals surface area (Å²) in [6, 6.07) is 11.6. The molecular formula is C28H33N3O3. The smallest absolute Gasteiger partial charge is 0.231 e. The minimum atomic E-state index is -0.268. The Kier molecular flexibility index (Phi) is 5.44. The van der Waals surface area contributed by atoms with Crippen LogP contribution in [-0.2, 0) is 16.0 Å². The van der Waals surface area contributed by atoms with Gasteiger partial charge in [0.1, 0.15) is 24.1 Å². The summed E-state index contributed by atoms with van der Waals surface area (Å²) in [5, 5.41) is 3.12. The molecule has 4 bridgehead atoms. The van der Waals surface area contributed by atoms with Crippen LogP contribution in [0.25, 0.3) is 0 Å². The number of Topliss-reactive ketones (excluding diaryl/α,β-unsaturated/α-hetero) is 1. The molecule has 4 fully saturated rings. The molecule has 4 atom stereocenters. The third-order valence-electron chi connectivity index (χ3n) is 9.07. The van der Waals surface area contributed by atoms with Crippen molar-refractivity contribution < 1.29 is 14.3 Å². The average molecular weight is 460 g/mol. The van der Waals surface area contributed by atoms with E-state index in [1.807, 2.05) is 36.4 Å². The third-order valence-corrected chi connectivity index (χ3v) is 9.07. The zero-order valence-corrected chi connectivity index (χ0v) is 19.5. The van der Waals surface area contributed by atoms with E-state index in [-0.39, 0.29) is 23.3 Å². The topological polar surface area (TPSA) is 94.3 Å². The zero-order valence-electron chi connectivity index (χ0n) is 19.5. The van der Waals surface area contributed by atoms with E-state index < -0.39 is 0 Å². The number of amides is 1. The highest BCUT2D eigenvalue weighted by molar-refractivity contribution is 5.87. The fraction of sp³-hybridized carbons (Fsp3) is 0.536. The summed E-state index contributed by atoms with van der Waals surface area (Å²) in [6.45, 7) is 0.872. The molecule has 4 unspecified atom stereocenters. The number of nitrogens with one attached hydrogen (secondary N) is 1. The summed E-state index contributed by atoms with van der Waals surface area (Å²) < 4.78 is 5.68. The van der Waals surface area contributed by atoms with Gasteiger partial charge in [-0.25, -0.2) is 0 Å². The number of nitrogens with zero attached hydrogens (tertiary/aromatic N) is 1. The fourth-order valence-electron chi connectivity index (χ4n) is 7.84. The molecule has 178 valence electrons. The van der Waals surface area contributed by atoms with E-state index >= 15 is 0 Å². The lowest BCUT2D eigenvalue weighted by molar-refractivity contribution is -0.151. The molecule has 0 spiro atoms. The molecule has 2 aromatic rings. The number of benzene rings is 1. The Balaban J connectivity index is 1.10. The molecule has 34 heavy (non-hydrogen) atoms. The number of ether oxygens (including phenoxy) is 1. The molecule has 1 aromatic heterocycles. The maximum atomic E-state index is 13.5. The van der Waals surface area contributed by atoms with Crippen molar-refractivity contribution in [1.29, 1.82) is 0 Å². The molecule has 4 aliphatic carbocycles. The monoisotopic (exact) mass is 459 g/mol. The first-order valence-corrected chi connectivity index (χ1v) is 12.7. The number of pyridine rings is 1. The number of fused-ring (bicyclic) bond motifs is 1. The minimum absolute atomic E-state index is 0.00628. The lowest BCUT2D eigenvalue weighted by Crippen LogP contribution is -2.59. The van der Waals surface area contributed by atoms with Gasteiger partial charge < -0.3 is 15.8 Å². The summed E-state index contributed by atoms with van der Waals surface area (Å²) in [7, 11) is 0. The first-order chi connectivity index (χ1) is 16.5. The highest BCUT2D eigenvalue weighted by atomic mass is 16.5. The van der Waals surface area contributed by atoms with Crippen molar-refractivity contribution in [3.8, 4) is 5.75 Å². The number of carbonyl (C=O) groups excluding carboxylic acids is 2. The second kappa shape index (κ2) is 8.49. The number of carbonyl (C=O) groups is 2. The summed E-state index contributed by atoms with van der Waals surface area (Å²) in [5.41, 5.74) is 8.58. The molecular weight excluding hydrogens is 426 g/mol. The van der Waals surface area contributed by atoms with Crippen molar-refractivity contribution in [2.24, 2.45) is 34.8 Å². The van der Waals surface area contributed by atoms with Crippen LogP contribution in [0.4, 0.5) is 0 Å². The Morgan fingerprint density at radius 3 is 2.59 bits per heavy atom. The van der Waals surface area contributed by atoms with E-state index in [2.05, 4.69) is 10.3 Å². The van der Waals surface area contributed by atoms with Gasteiger partial charge in [-0.15, -0.1) is 0 Å². The number of hydrogen-bond acceptors (Lipinski definition) is 5. The second-order valence-corrected chi connectivity index (χ2v) is 11.1. The van der Waals surface area contributed by atoms with Crippen LogP contribution in [0.5, 0.6) is 5.75 Å². The van der Waals surface area contributed by atoms with Gasteiger partial charge in [-0.05, 0) is 79.5 Å². The molecule has 4 saturated carbocycles. The van der Waals surface area contributed by atoms with Crippen LogP contribution in [0.15, 0.2) is 48.8 Å². The molecule has 2 heterocycles. The van der Waals surface area contributed by atoms with Crippen LogP contribution < -0.4 is 15.8 Å². The maximum Gasteiger partial charge on any atom is 0.231 e. The van der Waals surface area contributed by atoms with Gasteiger partial charge in [0, 0.05) is 42.4 Å². The Morgan fingerprint density at radius 1 is 1.09 bits per heavy atom. The van der Waals surface area contributed by atoms with E-state index in [0.29, 0.717) is 49.0 Å². The van der Waals surface area contributed by atoms with Crippen LogP contribution in [0.1, 0.15) is 49.1 Å². The van der Waals surface area contributed by atoms with Crippen LogP contribution >= 0.6 is 0 Å². The molecule has 1 aromatic carbocycles. The Hall–Kier alpha value is -2.73. The van der Waals surface area contributed by atoms with Crippen molar-refractivity contribution in [2.45, 2.75) is 50.5 Å². The number of aromatic nitrogens is 1. The van der Waals surface area contributed by atoms with Gasteiger partial charge in [0.25, 0.3) is 0 Å². The van der Waals surface area contributed by atoms with Gasteiger partial charge in [0.15, 0.2) is 0 Å². The summed E-state index contributed by atoms with van der Waals surface area (Å²) in [4.78, 5) is 30.5. The molecule has 1 aliphatic heterocycles. The quantitative estimate of drug-likeness (QED) is 0.663. The van der Waals surface area contributed by atoms with Crippen LogP contribution in [0.3, 0.4) is 0 Å². The Bertz CT molecular complexity index is 1070. The summed E-state index contributed by atoms with van der Waals surface area (Å²) >= 11 is 0. The number of hydrogen-bond donors (Lipinski definition) is 2. The van der Waals surface area contributed by atoms with Gasteiger partial charge in [-0.2, -0.15) is 0 Å². The minimum Gasteiger partial charge on any atom is -0.492 e. The van der Waals surface area contributed by atoms with Gasteiger partial charge >= 0.3 is 0 Å². The first kappa shape index (κ1) is 21.8. The molecule has 0 saturated heterocycles. The van der Waals surface area contributed by atoms with Crippen molar-refractivity contribution in [2.75, 3.05) is 13.2 Å². The van der Waals surface area contributed by atoms with Crippen LogP contribution in [-0.4, -0.2) is 35.9 Å². The van der Waals surface area contributed by atoms with Crippen molar-refractivity contribution in [3.05, 3.63) is 59.9 Å². The molecule has 3 N–H and O–H groups in total. The van der Waals surface area contributed by atoms with Gasteiger partial charge in [-0.1, -0.05) is 18.2 Å². The molecule has 1 amide bonds. The number of ketones is 1. The Labute approximate surface area is 200 Å². The van der Waals surface area contributed by atoms with Crippen molar-refractivity contribution >= 4 is 11.7 Å². The first-order valence-electron chi connectivity index (χ1n) is 12.7.